The van der Waals surface area contributed by atoms with Crippen LogP contribution in [0.4, 0.5) is 34.1 Å². The molecule has 3 nitrogen and oxygen atoms in total. The molecule has 0 aliphatic heterocycles. The Hall–Kier alpha value is -5.64. The van der Waals surface area contributed by atoms with E-state index in [-0.39, 0.29) is 0 Å². The summed E-state index contributed by atoms with van der Waals surface area (Å²) in [6.07, 6.45) is 1.25. The molecule has 0 unspecified atom stereocenters. The van der Waals surface area contributed by atoms with E-state index in [1.165, 1.54) is 72.4 Å². The smallest absolute Gasteiger partial charge is 0.0540 e. The van der Waals surface area contributed by atoms with Gasteiger partial charge >= 0.3 is 0 Å². The Morgan fingerprint density at radius 3 is 0.780 bits per heavy atom. The quantitative estimate of drug-likeness (QED) is 0.140. The third-order valence-corrected chi connectivity index (χ3v) is 11.4. The van der Waals surface area contributed by atoms with E-state index in [0.29, 0.717) is 23.7 Å². The summed E-state index contributed by atoms with van der Waals surface area (Å²) in [6.45, 7) is 22.3. The first-order valence-corrected chi connectivity index (χ1v) is 21.7. The van der Waals surface area contributed by atoms with Gasteiger partial charge in [0.15, 0.2) is 0 Å². The number of rotatable bonds is 10. The molecule has 0 fully saturated rings. The fraction of sp³-hybridized carbons (Fsp3) is 0.286. The average Bonchev–Trinajstić information content (AvgIpc) is 3.25. The Labute approximate surface area is 354 Å². The monoisotopic (exact) mass is 781 g/mol. The summed E-state index contributed by atoms with van der Waals surface area (Å²) in [5, 5.41) is 14.6. The van der Waals surface area contributed by atoms with Crippen molar-refractivity contribution in [2.24, 2.45) is 0 Å². The van der Waals surface area contributed by atoms with Crippen LogP contribution in [0.15, 0.2) is 146 Å². The molecule has 304 valence electrons. The first-order valence-electron chi connectivity index (χ1n) is 21.7. The lowest BCUT2D eigenvalue weighted by atomic mass is 9.91. The van der Waals surface area contributed by atoms with Crippen LogP contribution < -0.4 is 9.80 Å². The number of hydrogen-bond donors (Lipinski definition) is 1. The second kappa shape index (κ2) is 19.0. The summed E-state index contributed by atoms with van der Waals surface area (Å²) < 4.78 is 0. The topological polar surface area (TPSA) is 26.7 Å². The van der Waals surface area contributed by atoms with Gasteiger partial charge in [0, 0.05) is 40.6 Å². The zero-order valence-corrected chi connectivity index (χ0v) is 37.2. The zero-order valence-electron chi connectivity index (χ0n) is 37.2. The number of aliphatic hydroxyl groups excluding tert-OH is 1. The van der Waals surface area contributed by atoms with E-state index >= 15 is 0 Å². The molecule has 3 heteroatoms. The molecule has 0 atom stereocenters. The van der Waals surface area contributed by atoms with Gasteiger partial charge in [-0.25, -0.2) is 0 Å². The predicted molar refractivity (Wildman–Crippen MR) is 260 cm³/mol. The molecule has 0 aromatic heterocycles. The van der Waals surface area contributed by atoms with Crippen LogP contribution in [-0.2, 0) is 0 Å². The van der Waals surface area contributed by atoms with Crippen molar-refractivity contribution in [3.63, 3.8) is 0 Å². The molecule has 1 N–H and O–H groups in total. The van der Waals surface area contributed by atoms with Crippen molar-refractivity contribution < 1.29 is 5.11 Å². The average molecular weight is 781 g/mol. The molecular formula is C56H64N2O. The van der Waals surface area contributed by atoms with Crippen LogP contribution in [0, 0.1) is 0 Å². The van der Waals surface area contributed by atoms with E-state index in [9.17, 15) is 0 Å². The zero-order chi connectivity index (χ0) is 42.4. The van der Waals surface area contributed by atoms with Crippen molar-refractivity contribution in [2.45, 2.75) is 99.3 Å². The minimum Gasteiger partial charge on any atom is -0.400 e. The molecule has 0 saturated carbocycles. The molecule has 0 amide bonds. The highest BCUT2D eigenvalue weighted by Crippen LogP contribution is 2.48. The number of hydrogen-bond acceptors (Lipinski definition) is 3. The van der Waals surface area contributed by atoms with Gasteiger partial charge in [0.2, 0.25) is 0 Å². The molecule has 0 radical (unpaired) electrons. The van der Waals surface area contributed by atoms with Gasteiger partial charge in [-0.1, -0.05) is 161 Å². The van der Waals surface area contributed by atoms with Gasteiger partial charge in [0.05, 0.1) is 11.4 Å². The maximum atomic E-state index is 7.00. The van der Waals surface area contributed by atoms with Crippen LogP contribution in [0.25, 0.3) is 32.3 Å². The molecule has 59 heavy (non-hydrogen) atoms. The minimum absolute atomic E-state index is 0.474. The lowest BCUT2D eigenvalue weighted by Gasteiger charge is -2.30. The van der Waals surface area contributed by atoms with Gasteiger partial charge < -0.3 is 14.9 Å². The first-order chi connectivity index (χ1) is 28.5. The largest absolute Gasteiger partial charge is 0.400 e. The Kier molecular flexibility index (Phi) is 13.8. The van der Waals surface area contributed by atoms with Gasteiger partial charge in [-0.15, -0.1) is 0 Å². The fourth-order valence-corrected chi connectivity index (χ4v) is 8.05. The molecule has 8 aromatic carbocycles. The third-order valence-electron chi connectivity index (χ3n) is 11.4. The van der Waals surface area contributed by atoms with Crippen LogP contribution in [0.5, 0.6) is 0 Å². The fourth-order valence-electron chi connectivity index (χ4n) is 8.05. The number of benzene rings is 8. The molecule has 8 aromatic rings. The van der Waals surface area contributed by atoms with Crippen molar-refractivity contribution in [1.29, 1.82) is 0 Å². The van der Waals surface area contributed by atoms with Crippen molar-refractivity contribution >= 4 is 66.4 Å². The highest BCUT2D eigenvalue weighted by molar-refractivity contribution is 6.28. The SMILES string of the molecule is CC(C)c1ccc(N(c2ccc(C(C)C)cc2)c2ccc3ccc4c(N(c5ccc(C(C)C)cc5)c5ccc(C(C)C)cc5)ccc5ccc2c3c54)cc1.CCC.CO. The van der Waals surface area contributed by atoms with Crippen molar-refractivity contribution in [2.75, 3.05) is 16.9 Å². The Morgan fingerprint density at radius 1 is 0.339 bits per heavy atom. The van der Waals surface area contributed by atoms with Crippen LogP contribution >= 0.6 is 0 Å². The molecule has 0 heterocycles. The van der Waals surface area contributed by atoms with Gasteiger partial charge in [0.25, 0.3) is 0 Å². The summed E-state index contributed by atoms with van der Waals surface area (Å²) >= 11 is 0. The summed E-state index contributed by atoms with van der Waals surface area (Å²) in [7, 11) is 1.00. The van der Waals surface area contributed by atoms with E-state index in [1.807, 2.05) is 0 Å². The Balaban J connectivity index is 0.00000112. The normalized spacial score (nSPS) is 11.4. The lowest BCUT2D eigenvalue weighted by Crippen LogP contribution is -2.12. The Morgan fingerprint density at radius 2 is 0.559 bits per heavy atom. The molecule has 8 rings (SSSR count). The molecule has 0 aliphatic rings. The predicted octanol–water partition coefficient (Wildman–Crippen LogP) is 17.0. The van der Waals surface area contributed by atoms with E-state index in [1.54, 1.807) is 0 Å². The molecule has 0 saturated heterocycles. The van der Waals surface area contributed by atoms with Crippen molar-refractivity contribution in [1.82, 2.24) is 0 Å². The van der Waals surface area contributed by atoms with Gasteiger partial charge in [-0.05, 0) is 128 Å². The van der Waals surface area contributed by atoms with Gasteiger partial charge in [-0.3, -0.25) is 0 Å². The van der Waals surface area contributed by atoms with Gasteiger partial charge in [0.1, 0.15) is 0 Å². The minimum atomic E-state index is 0.474. The lowest BCUT2D eigenvalue weighted by molar-refractivity contribution is 0.399. The molecular weight excluding hydrogens is 717 g/mol. The third kappa shape index (κ3) is 8.87. The summed E-state index contributed by atoms with van der Waals surface area (Å²) in [6, 6.07) is 55.1. The highest BCUT2D eigenvalue weighted by atomic mass is 16.2. The van der Waals surface area contributed by atoms with E-state index in [2.05, 4.69) is 225 Å². The summed E-state index contributed by atoms with van der Waals surface area (Å²) in [4.78, 5) is 4.89. The molecule has 0 spiro atoms. The first kappa shape index (κ1) is 43.0. The van der Waals surface area contributed by atoms with E-state index < -0.39 is 0 Å². The highest BCUT2D eigenvalue weighted by Gasteiger charge is 2.22. The number of nitrogens with zero attached hydrogens (tertiary/aromatic N) is 2. The van der Waals surface area contributed by atoms with Crippen LogP contribution in [-0.4, -0.2) is 12.2 Å². The van der Waals surface area contributed by atoms with E-state index in [0.717, 1.165) is 29.9 Å². The summed E-state index contributed by atoms with van der Waals surface area (Å²) in [5.41, 5.74) is 12.4. The van der Waals surface area contributed by atoms with Crippen molar-refractivity contribution in [3.8, 4) is 0 Å². The standard InChI is InChI=1S/C52H52N2.C3H8.CH4O/c1-33(2)37-9-21-43(22-10-37)53(44-23-11-38(12-24-44)34(3)4)49-31-19-41-18-30-48-50(32-20-42-17-29-47(49)51(41)52(42)48)54(45-25-13-39(14-26-45)35(5)6)46-27-15-40(16-28-46)36(7)8;1-3-2;1-2/h9-36H,1-8H3;3H2,1-2H3;2H,1H3. The maximum absolute atomic E-state index is 7.00. The number of aliphatic hydroxyl groups is 1. The Bertz CT molecular complexity index is 2260. The van der Waals surface area contributed by atoms with E-state index in [4.69, 9.17) is 5.11 Å². The van der Waals surface area contributed by atoms with Gasteiger partial charge in [-0.2, -0.15) is 0 Å². The number of anilines is 6. The summed E-state index contributed by atoms with van der Waals surface area (Å²) in [5.74, 6) is 1.90. The van der Waals surface area contributed by atoms with Crippen LogP contribution in [0.1, 0.15) is 122 Å². The van der Waals surface area contributed by atoms with Crippen LogP contribution in [0.2, 0.25) is 0 Å². The van der Waals surface area contributed by atoms with Crippen LogP contribution in [0.3, 0.4) is 0 Å². The maximum Gasteiger partial charge on any atom is 0.0540 e. The second-order valence-electron chi connectivity index (χ2n) is 17.0. The molecule has 0 bridgehead atoms. The van der Waals surface area contributed by atoms with Crippen molar-refractivity contribution in [3.05, 3.63) is 168 Å². The second-order valence-corrected chi connectivity index (χ2v) is 17.0. The molecule has 0 aliphatic carbocycles.